The molecule has 0 amide bonds. The zero-order valence-electron chi connectivity index (χ0n) is 19.4. The summed E-state index contributed by atoms with van der Waals surface area (Å²) in [5.41, 5.74) is 1.38. The molecular formula is C25H33N3O4. The Bertz CT molecular complexity index is 917. The fourth-order valence-corrected chi connectivity index (χ4v) is 3.94. The SMILES string of the molecule is COc1cc(OC)cc(C(C#N)(CCCNCCCc2cccc([N+](=O)[O-])c2)C(C)C)c1. The molecule has 2 aromatic carbocycles. The zero-order chi connectivity index (χ0) is 23.6. The molecule has 0 heterocycles. The third-order valence-corrected chi connectivity index (χ3v) is 5.92. The van der Waals surface area contributed by atoms with Crippen LogP contribution in [0, 0.1) is 27.4 Å². The summed E-state index contributed by atoms with van der Waals surface area (Å²) in [4.78, 5) is 10.5. The Kier molecular flexibility index (Phi) is 9.48. The van der Waals surface area contributed by atoms with Crippen molar-refractivity contribution in [3.8, 4) is 17.6 Å². The van der Waals surface area contributed by atoms with Crippen LogP contribution in [-0.4, -0.2) is 32.2 Å². The number of ether oxygens (including phenoxy) is 2. The minimum absolute atomic E-state index is 0.123. The summed E-state index contributed by atoms with van der Waals surface area (Å²) >= 11 is 0. The monoisotopic (exact) mass is 439 g/mol. The van der Waals surface area contributed by atoms with Crippen molar-refractivity contribution in [2.45, 2.75) is 44.9 Å². The summed E-state index contributed by atoms with van der Waals surface area (Å²) in [6.45, 7) is 5.76. The smallest absolute Gasteiger partial charge is 0.269 e. The molecule has 2 rings (SSSR count). The molecular weight excluding hydrogens is 406 g/mol. The van der Waals surface area contributed by atoms with E-state index in [1.165, 1.54) is 6.07 Å². The number of rotatable bonds is 13. The van der Waals surface area contributed by atoms with E-state index in [4.69, 9.17) is 9.47 Å². The number of nitrogens with zero attached hydrogens (tertiary/aromatic N) is 2. The molecule has 1 unspecified atom stereocenters. The number of aryl methyl sites for hydroxylation is 1. The molecule has 0 aliphatic carbocycles. The molecule has 1 atom stereocenters. The number of hydrogen-bond acceptors (Lipinski definition) is 6. The van der Waals surface area contributed by atoms with Crippen molar-refractivity contribution in [3.63, 3.8) is 0 Å². The van der Waals surface area contributed by atoms with Gasteiger partial charge in [0, 0.05) is 18.2 Å². The highest BCUT2D eigenvalue weighted by Gasteiger charge is 2.36. The minimum atomic E-state index is -0.632. The fraction of sp³-hybridized carbons (Fsp3) is 0.480. The third kappa shape index (κ3) is 6.44. The first-order valence-electron chi connectivity index (χ1n) is 10.9. The molecule has 172 valence electrons. The van der Waals surface area contributed by atoms with Gasteiger partial charge < -0.3 is 14.8 Å². The van der Waals surface area contributed by atoms with Crippen LogP contribution in [0.2, 0.25) is 0 Å². The lowest BCUT2D eigenvalue weighted by molar-refractivity contribution is -0.384. The maximum absolute atomic E-state index is 10.9. The molecule has 0 saturated heterocycles. The Hall–Kier alpha value is -3.11. The molecule has 1 N–H and O–H groups in total. The minimum Gasteiger partial charge on any atom is -0.497 e. The molecule has 0 saturated carbocycles. The number of hydrogen-bond donors (Lipinski definition) is 1. The van der Waals surface area contributed by atoms with Gasteiger partial charge >= 0.3 is 0 Å². The predicted molar refractivity (Wildman–Crippen MR) is 125 cm³/mol. The Balaban J connectivity index is 1.90. The second-order valence-electron chi connectivity index (χ2n) is 8.22. The van der Waals surface area contributed by atoms with Crippen molar-refractivity contribution < 1.29 is 14.4 Å². The summed E-state index contributed by atoms with van der Waals surface area (Å²) in [5.74, 6) is 1.48. The Morgan fingerprint density at radius 1 is 1.09 bits per heavy atom. The van der Waals surface area contributed by atoms with Gasteiger partial charge in [-0.2, -0.15) is 5.26 Å². The van der Waals surface area contributed by atoms with Crippen LogP contribution in [0.3, 0.4) is 0 Å². The molecule has 7 nitrogen and oxygen atoms in total. The van der Waals surface area contributed by atoms with Crippen LogP contribution in [0.15, 0.2) is 42.5 Å². The van der Waals surface area contributed by atoms with Gasteiger partial charge in [-0.15, -0.1) is 0 Å². The van der Waals surface area contributed by atoms with Crippen molar-refractivity contribution in [2.75, 3.05) is 27.3 Å². The Morgan fingerprint density at radius 3 is 2.31 bits per heavy atom. The second-order valence-corrected chi connectivity index (χ2v) is 8.22. The van der Waals surface area contributed by atoms with Crippen LogP contribution in [0.1, 0.15) is 44.2 Å². The van der Waals surface area contributed by atoms with Crippen LogP contribution in [0.25, 0.3) is 0 Å². The van der Waals surface area contributed by atoms with E-state index in [-0.39, 0.29) is 16.5 Å². The van der Waals surface area contributed by atoms with Gasteiger partial charge in [0.05, 0.1) is 30.6 Å². The Morgan fingerprint density at radius 2 is 1.75 bits per heavy atom. The van der Waals surface area contributed by atoms with Crippen molar-refractivity contribution in [1.82, 2.24) is 5.32 Å². The molecule has 0 spiro atoms. The summed E-state index contributed by atoms with van der Waals surface area (Å²) in [7, 11) is 3.22. The molecule has 0 aromatic heterocycles. The lowest BCUT2D eigenvalue weighted by Crippen LogP contribution is -2.32. The van der Waals surface area contributed by atoms with Crippen molar-refractivity contribution in [3.05, 3.63) is 63.7 Å². The van der Waals surface area contributed by atoms with E-state index in [1.807, 2.05) is 24.3 Å². The average molecular weight is 440 g/mol. The summed E-state index contributed by atoms with van der Waals surface area (Å²) < 4.78 is 10.8. The van der Waals surface area contributed by atoms with Gasteiger partial charge in [-0.3, -0.25) is 10.1 Å². The standard InChI is InChI=1S/C25H33N3O4/c1-19(2)25(18-26,21-15-23(31-3)17-24(16-21)32-4)11-7-13-27-12-6-9-20-8-5-10-22(14-20)28(29)30/h5,8,10,14-17,19,27H,6-7,9,11-13H2,1-4H3. The number of benzene rings is 2. The fourth-order valence-electron chi connectivity index (χ4n) is 3.94. The second kappa shape index (κ2) is 12.1. The van der Waals surface area contributed by atoms with Crippen LogP contribution in [-0.2, 0) is 11.8 Å². The zero-order valence-corrected chi connectivity index (χ0v) is 19.4. The molecule has 7 heteroatoms. The van der Waals surface area contributed by atoms with Crippen molar-refractivity contribution in [1.29, 1.82) is 5.26 Å². The number of nitro groups is 1. The van der Waals surface area contributed by atoms with Gasteiger partial charge in [-0.05, 0) is 68.0 Å². The van der Waals surface area contributed by atoms with Crippen LogP contribution >= 0.6 is 0 Å². The number of methoxy groups -OCH3 is 2. The molecule has 0 bridgehead atoms. The quantitative estimate of drug-likeness (QED) is 0.267. The summed E-state index contributed by atoms with van der Waals surface area (Å²) in [6.07, 6.45) is 3.24. The van der Waals surface area contributed by atoms with E-state index in [0.29, 0.717) is 11.5 Å². The molecule has 0 fully saturated rings. The van der Waals surface area contributed by atoms with Crippen molar-refractivity contribution in [2.24, 2.45) is 5.92 Å². The van der Waals surface area contributed by atoms with Crippen LogP contribution < -0.4 is 14.8 Å². The average Bonchev–Trinajstić information content (AvgIpc) is 2.80. The first kappa shape index (κ1) is 25.2. The highest BCUT2D eigenvalue weighted by molar-refractivity contribution is 5.45. The summed E-state index contributed by atoms with van der Waals surface area (Å²) in [6, 6.07) is 15.0. The number of nitrogens with one attached hydrogen (secondary N) is 1. The van der Waals surface area contributed by atoms with Crippen LogP contribution in [0.5, 0.6) is 11.5 Å². The van der Waals surface area contributed by atoms with E-state index in [1.54, 1.807) is 26.4 Å². The van der Waals surface area contributed by atoms with Crippen LogP contribution in [0.4, 0.5) is 5.69 Å². The molecule has 0 aliphatic heterocycles. The van der Waals surface area contributed by atoms with Crippen molar-refractivity contribution >= 4 is 5.69 Å². The lowest BCUT2D eigenvalue weighted by atomic mass is 9.69. The van der Waals surface area contributed by atoms with E-state index in [2.05, 4.69) is 25.2 Å². The largest absolute Gasteiger partial charge is 0.497 e. The number of nitriles is 1. The first-order valence-corrected chi connectivity index (χ1v) is 10.9. The lowest BCUT2D eigenvalue weighted by Gasteiger charge is -2.32. The van der Waals surface area contributed by atoms with Gasteiger partial charge in [-0.25, -0.2) is 0 Å². The van der Waals surface area contributed by atoms with Gasteiger partial charge in [-0.1, -0.05) is 26.0 Å². The Labute approximate surface area is 190 Å². The molecule has 32 heavy (non-hydrogen) atoms. The highest BCUT2D eigenvalue weighted by Crippen LogP contribution is 2.39. The van der Waals surface area contributed by atoms with E-state index in [9.17, 15) is 15.4 Å². The van der Waals surface area contributed by atoms with E-state index in [0.717, 1.165) is 49.9 Å². The van der Waals surface area contributed by atoms with E-state index < -0.39 is 5.41 Å². The van der Waals surface area contributed by atoms with Gasteiger partial charge in [0.15, 0.2) is 0 Å². The summed E-state index contributed by atoms with van der Waals surface area (Å²) in [5, 5.41) is 24.5. The maximum atomic E-state index is 10.9. The van der Waals surface area contributed by atoms with Gasteiger partial charge in [0.25, 0.3) is 5.69 Å². The third-order valence-electron chi connectivity index (χ3n) is 5.92. The normalized spacial score (nSPS) is 12.8. The number of nitro benzene ring substituents is 1. The molecule has 0 aliphatic rings. The first-order chi connectivity index (χ1) is 15.4. The maximum Gasteiger partial charge on any atom is 0.269 e. The topological polar surface area (TPSA) is 97.4 Å². The van der Waals surface area contributed by atoms with Gasteiger partial charge in [0.1, 0.15) is 11.5 Å². The molecule has 0 radical (unpaired) electrons. The van der Waals surface area contributed by atoms with E-state index >= 15 is 0 Å². The van der Waals surface area contributed by atoms with Gasteiger partial charge in [0.2, 0.25) is 0 Å². The highest BCUT2D eigenvalue weighted by atomic mass is 16.6. The number of non-ortho nitro benzene ring substituents is 1. The predicted octanol–water partition coefficient (Wildman–Crippen LogP) is 5.03. The molecule has 2 aromatic rings.